The van der Waals surface area contributed by atoms with Crippen molar-refractivity contribution < 1.29 is 4.79 Å². The van der Waals surface area contributed by atoms with Crippen molar-refractivity contribution in [3.63, 3.8) is 0 Å². The van der Waals surface area contributed by atoms with Gasteiger partial charge in [-0.3, -0.25) is 15.3 Å². The Bertz CT molecular complexity index is 579. The molecule has 2 aromatic rings. The molecule has 4 N–H and O–H groups in total. The fourth-order valence-electron chi connectivity index (χ4n) is 2.01. The van der Waals surface area contributed by atoms with Gasteiger partial charge < -0.3 is 10.7 Å². The van der Waals surface area contributed by atoms with Crippen LogP contribution in [0.15, 0.2) is 36.7 Å². The third-order valence-electron chi connectivity index (χ3n) is 2.97. The minimum Gasteiger partial charge on any atom is -0.348 e. The molecule has 0 radical (unpaired) electrons. The molecule has 106 valence electrons. The Hall–Kier alpha value is -2.34. The molecule has 20 heavy (non-hydrogen) atoms. The van der Waals surface area contributed by atoms with Crippen LogP contribution in [0.3, 0.4) is 0 Å². The lowest BCUT2D eigenvalue weighted by molar-refractivity contribution is 0.0937. The van der Waals surface area contributed by atoms with Crippen LogP contribution in [0, 0.1) is 6.92 Å². The Morgan fingerprint density at radius 1 is 1.50 bits per heavy atom. The first-order valence-electron chi connectivity index (χ1n) is 6.45. The lowest BCUT2D eigenvalue weighted by atomic mass is 10.1. The first kappa shape index (κ1) is 14.1. The van der Waals surface area contributed by atoms with Crippen LogP contribution < -0.4 is 16.6 Å². The number of benzene rings is 1. The Balaban J connectivity index is 2.04. The van der Waals surface area contributed by atoms with Crippen molar-refractivity contribution in [1.29, 1.82) is 0 Å². The number of aromatic nitrogens is 2. The van der Waals surface area contributed by atoms with E-state index in [0.717, 1.165) is 5.56 Å². The van der Waals surface area contributed by atoms with E-state index in [9.17, 15) is 4.79 Å². The highest BCUT2D eigenvalue weighted by molar-refractivity contribution is 5.99. The van der Waals surface area contributed by atoms with Gasteiger partial charge >= 0.3 is 0 Å². The number of anilines is 1. The topological polar surface area (TPSA) is 85.0 Å². The molecule has 0 saturated carbocycles. The second kappa shape index (κ2) is 6.21. The van der Waals surface area contributed by atoms with E-state index < -0.39 is 0 Å². The molecule has 0 saturated heterocycles. The summed E-state index contributed by atoms with van der Waals surface area (Å²) in [6.45, 7) is 4.50. The predicted octanol–water partition coefficient (Wildman–Crippen LogP) is 1.30. The number of hydrazine groups is 1. The first-order chi connectivity index (χ1) is 9.60. The van der Waals surface area contributed by atoms with E-state index in [1.807, 2.05) is 38.2 Å². The summed E-state index contributed by atoms with van der Waals surface area (Å²) in [4.78, 5) is 12.2. The van der Waals surface area contributed by atoms with Crippen molar-refractivity contribution in [1.82, 2.24) is 15.1 Å². The van der Waals surface area contributed by atoms with Crippen LogP contribution in [-0.4, -0.2) is 21.7 Å². The zero-order valence-corrected chi connectivity index (χ0v) is 11.6. The molecule has 6 heteroatoms. The van der Waals surface area contributed by atoms with E-state index >= 15 is 0 Å². The Labute approximate surface area is 117 Å². The molecule has 6 nitrogen and oxygen atoms in total. The second-order valence-electron chi connectivity index (χ2n) is 4.80. The molecule has 2 rings (SSSR count). The van der Waals surface area contributed by atoms with Gasteiger partial charge in [-0.05, 0) is 37.6 Å². The van der Waals surface area contributed by atoms with Crippen molar-refractivity contribution >= 4 is 11.6 Å². The quantitative estimate of drug-likeness (QED) is 0.566. The van der Waals surface area contributed by atoms with Crippen LogP contribution in [0.5, 0.6) is 0 Å². The molecule has 0 aliphatic carbocycles. The van der Waals surface area contributed by atoms with Crippen molar-refractivity contribution in [3.8, 4) is 0 Å². The molecule has 0 bridgehead atoms. The zero-order chi connectivity index (χ0) is 14.5. The summed E-state index contributed by atoms with van der Waals surface area (Å²) in [5, 5.41) is 7.05. The lowest BCUT2D eigenvalue weighted by Crippen LogP contribution is -2.36. The minimum atomic E-state index is -0.155. The first-order valence-corrected chi connectivity index (χ1v) is 6.45. The van der Waals surface area contributed by atoms with E-state index in [2.05, 4.69) is 15.8 Å². The number of aryl methyl sites for hydroxylation is 1. The van der Waals surface area contributed by atoms with Gasteiger partial charge in [0.15, 0.2) is 0 Å². The van der Waals surface area contributed by atoms with Gasteiger partial charge in [-0.1, -0.05) is 6.07 Å². The van der Waals surface area contributed by atoms with E-state index in [1.54, 1.807) is 16.9 Å². The Kier molecular flexibility index (Phi) is 4.37. The number of nitrogens with two attached hydrogens (primary N) is 1. The summed E-state index contributed by atoms with van der Waals surface area (Å²) in [5.41, 5.74) is 4.75. The van der Waals surface area contributed by atoms with Gasteiger partial charge in [0.25, 0.3) is 5.91 Å². The molecular weight excluding hydrogens is 254 g/mol. The van der Waals surface area contributed by atoms with Crippen LogP contribution in [0.2, 0.25) is 0 Å². The molecule has 1 unspecified atom stereocenters. The normalized spacial score (nSPS) is 11.9. The van der Waals surface area contributed by atoms with Crippen molar-refractivity contribution in [3.05, 3.63) is 47.8 Å². The number of rotatable bonds is 5. The Morgan fingerprint density at radius 2 is 2.30 bits per heavy atom. The molecule has 0 spiro atoms. The number of amides is 1. The summed E-state index contributed by atoms with van der Waals surface area (Å²) in [6.07, 6.45) is 3.58. The number of carbonyl (C=O) groups excluding carboxylic acids is 1. The molecule has 1 atom stereocenters. The number of hydrogen-bond donors (Lipinski definition) is 3. The molecule has 1 heterocycles. The van der Waals surface area contributed by atoms with E-state index in [-0.39, 0.29) is 11.9 Å². The summed E-state index contributed by atoms with van der Waals surface area (Å²) in [7, 11) is 0. The van der Waals surface area contributed by atoms with E-state index in [1.165, 1.54) is 0 Å². The maximum Gasteiger partial charge on any atom is 0.253 e. The molecule has 0 aliphatic rings. The summed E-state index contributed by atoms with van der Waals surface area (Å²) >= 11 is 0. The molecule has 0 aliphatic heterocycles. The number of nitrogens with one attached hydrogen (secondary N) is 2. The number of nitrogens with zero attached hydrogens (tertiary/aromatic N) is 2. The largest absolute Gasteiger partial charge is 0.348 e. The van der Waals surface area contributed by atoms with Crippen LogP contribution in [0.4, 0.5) is 5.69 Å². The summed E-state index contributed by atoms with van der Waals surface area (Å²) < 4.78 is 1.78. The highest BCUT2D eigenvalue weighted by atomic mass is 16.1. The third kappa shape index (κ3) is 3.36. The smallest absolute Gasteiger partial charge is 0.253 e. The average Bonchev–Trinajstić information content (AvgIpc) is 2.90. The second-order valence-corrected chi connectivity index (χ2v) is 4.80. The minimum absolute atomic E-state index is 0.0330. The van der Waals surface area contributed by atoms with Gasteiger partial charge in [-0.15, -0.1) is 0 Å². The number of hydrogen-bond acceptors (Lipinski definition) is 4. The Morgan fingerprint density at radius 3 is 2.95 bits per heavy atom. The van der Waals surface area contributed by atoms with Crippen molar-refractivity contribution in [2.24, 2.45) is 5.84 Å². The fourth-order valence-corrected chi connectivity index (χ4v) is 2.01. The molecule has 1 amide bonds. The van der Waals surface area contributed by atoms with Gasteiger partial charge in [-0.2, -0.15) is 5.10 Å². The van der Waals surface area contributed by atoms with Crippen LogP contribution in [0.25, 0.3) is 0 Å². The third-order valence-corrected chi connectivity index (χ3v) is 2.97. The van der Waals surface area contributed by atoms with E-state index in [4.69, 9.17) is 5.84 Å². The average molecular weight is 273 g/mol. The van der Waals surface area contributed by atoms with Gasteiger partial charge in [0.05, 0.1) is 17.8 Å². The standard InChI is InChI=1S/C14H19N5O/c1-10-4-5-12(13(8-10)18-15)14(20)17-11(2)9-19-7-3-6-16-19/h3-8,11,18H,9,15H2,1-2H3,(H,17,20). The molecule has 0 fully saturated rings. The van der Waals surface area contributed by atoms with Crippen LogP contribution >= 0.6 is 0 Å². The number of nitrogen functional groups attached to an aromatic ring is 1. The highest BCUT2D eigenvalue weighted by Crippen LogP contribution is 2.16. The SMILES string of the molecule is Cc1ccc(C(=O)NC(C)Cn2cccn2)c(NN)c1. The molecule has 1 aromatic carbocycles. The zero-order valence-electron chi connectivity index (χ0n) is 11.6. The van der Waals surface area contributed by atoms with Crippen molar-refractivity contribution in [2.75, 3.05) is 5.43 Å². The van der Waals surface area contributed by atoms with Crippen LogP contribution in [-0.2, 0) is 6.54 Å². The molecular formula is C14H19N5O. The number of carbonyl (C=O) groups is 1. The highest BCUT2D eigenvalue weighted by Gasteiger charge is 2.14. The van der Waals surface area contributed by atoms with Gasteiger partial charge in [-0.25, -0.2) is 0 Å². The predicted molar refractivity (Wildman–Crippen MR) is 78.1 cm³/mol. The van der Waals surface area contributed by atoms with Gasteiger partial charge in [0.2, 0.25) is 0 Å². The summed E-state index contributed by atoms with van der Waals surface area (Å²) in [6, 6.07) is 7.31. The van der Waals surface area contributed by atoms with Crippen LogP contribution in [0.1, 0.15) is 22.8 Å². The van der Waals surface area contributed by atoms with Crippen molar-refractivity contribution in [2.45, 2.75) is 26.4 Å². The van der Waals surface area contributed by atoms with Gasteiger partial charge in [0.1, 0.15) is 0 Å². The maximum atomic E-state index is 12.2. The molecule has 1 aromatic heterocycles. The monoisotopic (exact) mass is 273 g/mol. The maximum absolute atomic E-state index is 12.2. The van der Waals surface area contributed by atoms with E-state index in [0.29, 0.717) is 17.8 Å². The summed E-state index contributed by atoms with van der Waals surface area (Å²) in [5.74, 6) is 5.30. The lowest BCUT2D eigenvalue weighted by Gasteiger charge is -2.16. The fraction of sp³-hybridized carbons (Fsp3) is 0.286. The van der Waals surface area contributed by atoms with Gasteiger partial charge in [0, 0.05) is 18.4 Å².